The summed E-state index contributed by atoms with van der Waals surface area (Å²) in [5, 5.41) is 0. The van der Waals surface area contributed by atoms with Crippen molar-refractivity contribution >= 4 is 28.3 Å². The van der Waals surface area contributed by atoms with Gasteiger partial charge < -0.3 is 10.6 Å². The topological polar surface area (TPSA) is 83.7 Å². The number of likely N-dealkylation sites (tertiary alicyclic amines) is 1. The van der Waals surface area contributed by atoms with Gasteiger partial charge in [0.2, 0.25) is 15.9 Å². The fourth-order valence-electron chi connectivity index (χ4n) is 3.74. The van der Waals surface area contributed by atoms with Gasteiger partial charge in [0.1, 0.15) is 0 Å². The van der Waals surface area contributed by atoms with Crippen molar-refractivity contribution in [3.8, 4) is 0 Å². The predicted octanol–water partition coefficient (Wildman–Crippen LogP) is 2.02. The van der Waals surface area contributed by atoms with E-state index in [0.717, 1.165) is 44.3 Å². The van der Waals surface area contributed by atoms with Crippen LogP contribution in [0.2, 0.25) is 0 Å². The number of benzene rings is 1. The molecule has 1 unspecified atom stereocenters. The molecule has 1 amide bonds. The molecular weight excluding hydrogens is 386 g/mol. The maximum absolute atomic E-state index is 12.7. The number of piperidine rings is 1. The molecule has 0 saturated carbocycles. The number of carbonyl (C=O) groups is 1. The van der Waals surface area contributed by atoms with Crippen LogP contribution in [0.4, 0.5) is 0 Å². The molecule has 27 heavy (non-hydrogen) atoms. The number of amides is 1. The maximum Gasteiger partial charge on any atom is 0.243 e. The minimum atomic E-state index is -3.39. The van der Waals surface area contributed by atoms with Crippen LogP contribution in [0.3, 0.4) is 0 Å². The summed E-state index contributed by atoms with van der Waals surface area (Å²) in [6.07, 6.45) is 5.04. The minimum Gasteiger partial charge on any atom is -0.342 e. The van der Waals surface area contributed by atoms with E-state index in [4.69, 9.17) is 5.73 Å². The summed E-state index contributed by atoms with van der Waals surface area (Å²) in [7, 11) is -3.39. The molecular formula is C19H30ClN3O3S. The van der Waals surface area contributed by atoms with E-state index in [1.54, 1.807) is 16.4 Å². The van der Waals surface area contributed by atoms with Crippen molar-refractivity contribution in [1.29, 1.82) is 0 Å². The molecule has 1 atom stereocenters. The predicted molar refractivity (Wildman–Crippen MR) is 108 cm³/mol. The molecule has 2 aliphatic rings. The van der Waals surface area contributed by atoms with E-state index in [0.29, 0.717) is 43.3 Å². The van der Waals surface area contributed by atoms with Crippen LogP contribution in [0.25, 0.3) is 0 Å². The number of aryl methyl sites for hydroxylation is 1. The third kappa shape index (κ3) is 5.44. The van der Waals surface area contributed by atoms with Gasteiger partial charge >= 0.3 is 0 Å². The smallest absolute Gasteiger partial charge is 0.243 e. The molecule has 0 bridgehead atoms. The van der Waals surface area contributed by atoms with Crippen molar-refractivity contribution < 1.29 is 13.2 Å². The Morgan fingerprint density at radius 2 is 1.74 bits per heavy atom. The van der Waals surface area contributed by atoms with Crippen LogP contribution in [0.15, 0.2) is 29.2 Å². The normalized spacial score (nSPS) is 21.1. The number of nitrogens with zero attached hydrogens (tertiary/aromatic N) is 2. The molecule has 6 nitrogen and oxygen atoms in total. The van der Waals surface area contributed by atoms with E-state index in [1.807, 2.05) is 17.0 Å². The van der Waals surface area contributed by atoms with Crippen molar-refractivity contribution in [1.82, 2.24) is 9.21 Å². The monoisotopic (exact) mass is 415 g/mol. The second kappa shape index (κ2) is 9.87. The van der Waals surface area contributed by atoms with E-state index < -0.39 is 10.0 Å². The van der Waals surface area contributed by atoms with Crippen LogP contribution in [0.5, 0.6) is 0 Å². The highest BCUT2D eigenvalue weighted by atomic mass is 35.5. The molecule has 2 N–H and O–H groups in total. The van der Waals surface area contributed by atoms with Crippen LogP contribution >= 0.6 is 12.4 Å². The molecule has 2 fully saturated rings. The van der Waals surface area contributed by atoms with E-state index in [9.17, 15) is 13.2 Å². The summed E-state index contributed by atoms with van der Waals surface area (Å²) < 4.78 is 26.9. The Bertz CT molecular complexity index is 718. The lowest BCUT2D eigenvalue weighted by molar-refractivity contribution is -0.130. The number of nitrogens with two attached hydrogens (primary N) is 1. The number of rotatable bonds is 6. The minimum absolute atomic E-state index is 0. The lowest BCUT2D eigenvalue weighted by Gasteiger charge is -2.25. The van der Waals surface area contributed by atoms with Gasteiger partial charge in [-0.3, -0.25) is 4.79 Å². The van der Waals surface area contributed by atoms with Crippen molar-refractivity contribution in [2.24, 2.45) is 11.7 Å². The summed E-state index contributed by atoms with van der Waals surface area (Å²) in [4.78, 5) is 14.5. The van der Waals surface area contributed by atoms with Gasteiger partial charge in [0.15, 0.2) is 0 Å². The Balaban J connectivity index is 0.00000261. The first-order valence-corrected chi connectivity index (χ1v) is 11.0. The number of sulfonamides is 1. The van der Waals surface area contributed by atoms with Gasteiger partial charge in [0.25, 0.3) is 0 Å². The zero-order chi connectivity index (χ0) is 18.6. The summed E-state index contributed by atoms with van der Waals surface area (Å²) in [6, 6.07) is 7.00. The molecule has 3 rings (SSSR count). The molecule has 1 aromatic carbocycles. The Morgan fingerprint density at radius 1 is 1.07 bits per heavy atom. The van der Waals surface area contributed by atoms with Crippen molar-refractivity contribution in [2.75, 3.05) is 32.7 Å². The van der Waals surface area contributed by atoms with Crippen LogP contribution in [-0.2, 0) is 21.2 Å². The average Bonchev–Trinajstić information content (AvgIpc) is 3.16. The molecule has 2 heterocycles. The number of halogens is 1. The highest BCUT2D eigenvalue weighted by Crippen LogP contribution is 2.21. The molecule has 8 heteroatoms. The van der Waals surface area contributed by atoms with E-state index in [1.165, 1.54) is 0 Å². The van der Waals surface area contributed by atoms with Gasteiger partial charge in [-0.25, -0.2) is 8.42 Å². The highest BCUT2D eigenvalue weighted by Gasteiger charge is 2.26. The molecule has 0 aromatic heterocycles. The van der Waals surface area contributed by atoms with E-state index >= 15 is 0 Å². The zero-order valence-electron chi connectivity index (χ0n) is 15.7. The van der Waals surface area contributed by atoms with Gasteiger partial charge in [0, 0.05) is 32.6 Å². The molecule has 1 aromatic rings. The molecule has 0 spiro atoms. The molecule has 0 radical (unpaired) electrons. The van der Waals surface area contributed by atoms with Crippen LogP contribution in [-0.4, -0.2) is 56.3 Å². The van der Waals surface area contributed by atoms with Crippen molar-refractivity contribution in [3.05, 3.63) is 29.8 Å². The summed E-state index contributed by atoms with van der Waals surface area (Å²) >= 11 is 0. The van der Waals surface area contributed by atoms with Crippen LogP contribution < -0.4 is 5.73 Å². The van der Waals surface area contributed by atoms with Gasteiger partial charge in [-0.1, -0.05) is 18.6 Å². The summed E-state index contributed by atoms with van der Waals surface area (Å²) in [6.45, 7) is 3.42. The SMILES string of the molecule is Cl.NCC1CCN(C(=O)CCc2ccc(S(=O)(=O)N3CCCCC3)cc2)C1. The van der Waals surface area contributed by atoms with Gasteiger partial charge in [-0.05, 0) is 55.8 Å². The first kappa shape index (κ1) is 22.1. The molecule has 0 aliphatic carbocycles. The fraction of sp³-hybridized carbons (Fsp3) is 0.632. The van der Waals surface area contributed by atoms with Crippen molar-refractivity contribution in [3.63, 3.8) is 0 Å². The Hall–Kier alpha value is -1.15. The first-order valence-electron chi connectivity index (χ1n) is 9.57. The Kier molecular flexibility index (Phi) is 8.09. The third-order valence-electron chi connectivity index (χ3n) is 5.48. The Labute approximate surface area is 168 Å². The molecule has 152 valence electrons. The average molecular weight is 416 g/mol. The third-order valence-corrected chi connectivity index (χ3v) is 7.39. The Morgan fingerprint density at radius 3 is 2.33 bits per heavy atom. The molecule has 2 aliphatic heterocycles. The second-order valence-corrected chi connectivity index (χ2v) is 9.28. The quantitative estimate of drug-likeness (QED) is 0.770. The largest absolute Gasteiger partial charge is 0.342 e. The fourth-order valence-corrected chi connectivity index (χ4v) is 5.26. The van der Waals surface area contributed by atoms with Gasteiger partial charge in [-0.2, -0.15) is 4.31 Å². The summed E-state index contributed by atoms with van der Waals surface area (Å²) in [5.41, 5.74) is 6.66. The first-order chi connectivity index (χ1) is 12.5. The van der Waals surface area contributed by atoms with E-state index in [2.05, 4.69) is 0 Å². The highest BCUT2D eigenvalue weighted by molar-refractivity contribution is 7.89. The standard InChI is InChI=1S/C19H29N3O3S.ClH/c20-14-17-10-13-21(15-17)19(23)9-6-16-4-7-18(8-5-16)26(24,25)22-11-2-1-3-12-22;/h4-5,7-8,17H,1-3,6,9-15,20H2;1H. The number of carbonyl (C=O) groups excluding carboxylic acids is 1. The lowest BCUT2D eigenvalue weighted by Crippen LogP contribution is -2.35. The maximum atomic E-state index is 12.7. The second-order valence-electron chi connectivity index (χ2n) is 7.34. The van der Waals surface area contributed by atoms with Crippen LogP contribution in [0, 0.1) is 5.92 Å². The number of hydrogen-bond acceptors (Lipinski definition) is 4. The summed E-state index contributed by atoms with van der Waals surface area (Å²) in [5.74, 6) is 0.587. The van der Waals surface area contributed by atoms with E-state index in [-0.39, 0.29) is 18.3 Å². The molecule has 2 saturated heterocycles. The van der Waals surface area contributed by atoms with Crippen molar-refractivity contribution in [2.45, 2.75) is 43.4 Å². The zero-order valence-corrected chi connectivity index (χ0v) is 17.3. The van der Waals surface area contributed by atoms with Gasteiger partial charge in [-0.15, -0.1) is 12.4 Å². The van der Waals surface area contributed by atoms with Crippen LogP contribution in [0.1, 0.15) is 37.7 Å². The van der Waals surface area contributed by atoms with Gasteiger partial charge in [0.05, 0.1) is 4.90 Å². The lowest BCUT2D eigenvalue weighted by atomic mass is 10.1. The number of hydrogen-bond donors (Lipinski definition) is 1.